The van der Waals surface area contributed by atoms with Crippen molar-refractivity contribution in [2.45, 2.75) is 45.2 Å². The minimum atomic E-state index is -0.276. The van der Waals surface area contributed by atoms with Crippen molar-refractivity contribution < 1.29 is 4.79 Å². The van der Waals surface area contributed by atoms with Gasteiger partial charge in [0.2, 0.25) is 5.43 Å². The Labute approximate surface area is 158 Å². The summed E-state index contributed by atoms with van der Waals surface area (Å²) in [6.45, 7) is 2.83. The number of pyridine rings is 1. The first-order valence-electron chi connectivity index (χ1n) is 9.63. The van der Waals surface area contributed by atoms with E-state index in [0.29, 0.717) is 5.39 Å². The van der Waals surface area contributed by atoms with Crippen LogP contribution in [0.3, 0.4) is 0 Å². The van der Waals surface area contributed by atoms with Crippen LogP contribution in [-0.2, 0) is 19.4 Å². The Hall–Kier alpha value is -2.88. The molecule has 4 rings (SSSR count). The number of nitrogens with zero attached hydrogens (tertiary/aromatic N) is 1. The average Bonchev–Trinajstić information content (AvgIpc) is 2.70. The molecular formula is C23H24N2O2. The molecule has 0 fully saturated rings. The molecule has 1 aliphatic rings. The number of para-hydroxylation sites is 1. The van der Waals surface area contributed by atoms with Crippen molar-refractivity contribution in [3.63, 3.8) is 0 Å². The van der Waals surface area contributed by atoms with E-state index in [9.17, 15) is 9.59 Å². The lowest BCUT2D eigenvalue weighted by molar-refractivity contribution is 0.0936. The monoisotopic (exact) mass is 360 g/mol. The van der Waals surface area contributed by atoms with Crippen LogP contribution in [0.2, 0.25) is 0 Å². The van der Waals surface area contributed by atoms with Gasteiger partial charge >= 0.3 is 0 Å². The number of hydrogen-bond acceptors (Lipinski definition) is 2. The maximum atomic E-state index is 12.9. The van der Waals surface area contributed by atoms with Gasteiger partial charge < -0.3 is 9.88 Å². The summed E-state index contributed by atoms with van der Waals surface area (Å²) in [5, 5.41) is 3.65. The number of carbonyl (C=O) groups excluding carboxylic acids is 1. The van der Waals surface area contributed by atoms with Crippen molar-refractivity contribution in [3.05, 3.63) is 81.6 Å². The first-order chi connectivity index (χ1) is 13.1. The van der Waals surface area contributed by atoms with Crippen molar-refractivity contribution >= 4 is 16.8 Å². The highest BCUT2D eigenvalue weighted by molar-refractivity contribution is 5.98. The Morgan fingerprint density at radius 2 is 1.96 bits per heavy atom. The van der Waals surface area contributed by atoms with Crippen molar-refractivity contribution in [2.24, 2.45) is 0 Å². The van der Waals surface area contributed by atoms with Crippen LogP contribution in [0.4, 0.5) is 0 Å². The standard InChI is InChI=1S/C23H24N2O2/c1-16(12-13-17-7-3-2-4-8-17)24-23(27)20-15-25-14-6-10-18-9-5-11-19(21(18)25)22(20)26/h2-5,7-9,11,15-16H,6,10,12-14H2,1H3,(H,24,27)/t16-/m1/s1. The predicted molar refractivity (Wildman–Crippen MR) is 108 cm³/mol. The van der Waals surface area contributed by atoms with Crippen LogP contribution >= 0.6 is 0 Å². The number of amides is 1. The lowest BCUT2D eigenvalue weighted by Gasteiger charge is -2.21. The van der Waals surface area contributed by atoms with E-state index in [1.807, 2.05) is 37.3 Å². The Kier molecular flexibility index (Phi) is 4.80. The number of rotatable bonds is 5. The zero-order valence-electron chi connectivity index (χ0n) is 15.6. The molecule has 1 amide bonds. The van der Waals surface area contributed by atoms with E-state index in [-0.39, 0.29) is 22.9 Å². The molecule has 4 nitrogen and oxygen atoms in total. The Morgan fingerprint density at radius 1 is 1.15 bits per heavy atom. The van der Waals surface area contributed by atoms with Crippen molar-refractivity contribution in [1.82, 2.24) is 9.88 Å². The summed E-state index contributed by atoms with van der Waals surface area (Å²) in [4.78, 5) is 25.7. The summed E-state index contributed by atoms with van der Waals surface area (Å²) in [6, 6.07) is 16.0. The topological polar surface area (TPSA) is 51.1 Å². The third-order valence-corrected chi connectivity index (χ3v) is 5.36. The fourth-order valence-corrected chi connectivity index (χ4v) is 3.92. The lowest BCUT2D eigenvalue weighted by Crippen LogP contribution is -2.36. The fraction of sp³-hybridized carbons (Fsp3) is 0.304. The molecule has 0 radical (unpaired) electrons. The number of hydrogen-bond donors (Lipinski definition) is 1. The fourth-order valence-electron chi connectivity index (χ4n) is 3.92. The zero-order valence-corrected chi connectivity index (χ0v) is 15.6. The van der Waals surface area contributed by atoms with Crippen molar-refractivity contribution in [2.75, 3.05) is 0 Å². The first kappa shape index (κ1) is 17.5. The minimum Gasteiger partial charge on any atom is -0.349 e. The molecule has 0 spiro atoms. The number of nitrogens with one attached hydrogen (secondary N) is 1. The summed E-state index contributed by atoms with van der Waals surface area (Å²) in [5.41, 5.74) is 3.51. The SMILES string of the molecule is C[C@H](CCc1ccccc1)NC(=O)c1cn2c3c(cccc3c1=O)CCC2. The van der Waals surface area contributed by atoms with E-state index in [1.54, 1.807) is 6.20 Å². The summed E-state index contributed by atoms with van der Waals surface area (Å²) in [5.74, 6) is -0.276. The van der Waals surface area contributed by atoms with Gasteiger partial charge in [0.1, 0.15) is 5.56 Å². The van der Waals surface area contributed by atoms with Crippen molar-refractivity contribution in [3.8, 4) is 0 Å². The third kappa shape index (κ3) is 3.52. The highest BCUT2D eigenvalue weighted by Crippen LogP contribution is 2.23. The van der Waals surface area contributed by atoms with Gasteiger partial charge in [0.15, 0.2) is 0 Å². The lowest BCUT2D eigenvalue weighted by atomic mass is 9.99. The van der Waals surface area contributed by atoms with Gasteiger partial charge in [-0.25, -0.2) is 0 Å². The van der Waals surface area contributed by atoms with Crippen LogP contribution in [-0.4, -0.2) is 16.5 Å². The Bertz CT molecular complexity index is 1040. The molecule has 0 aliphatic carbocycles. The van der Waals surface area contributed by atoms with Crippen LogP contribution < -0.4 is 10.7 Å². The minimum absolute atomic E-state index is 0.000457. The van der Waals surface area contributed by atoms with Gasteiger partial charge in [-0.05, 0) is 49.8 Å². The van der Waals surface area contributed by atoms with Crippen LogP contribution in [0.5, 0.6) is 0 Å². The number of aromatic nitrogens is 1. The van der Waals surface area contributed by atoms with Gasteiger partial charge in [0, 0.05) is 24.2 Å². The predicted octanol–water partition coefficient (Wildman–Crippen LogP) is 3.70. The number of aryl methyl sites for hydroxylation is 3. The molecule has 1 aliphatic heterocycles. The first-order valence-corrected chi connectivity index (χ1v) is 9.63. The maximum absolute atomic E-state index is 12.9. The molecule has 0 bridgehead atoms. The highest BCUT2D eigenvalue weighted by Gasteiger charge is 2.20. The molecule has 2 heterocycles. The van der Waals surface area contributed by atoms with Crippen LogP contribution in [0, 0.1) is 0 Å². The molecule has 4 heteroatoms. The Morgan fingerprint density at radius 3 is 2.78 bits per heavy atom. The van der Waals surface area contributed by atoms with Gasteiger partial charge in [-0.1, -0.05) is 42.5 Å². The molecule has 1 atom stereocenters. The summed E-state index contributed by atoms with van der Waals surface area (Å²) >= 11 is 0. The summed E-state index contributed by atoms with van der Waals surface area (Å²) in [6.07, 6.45) is 5.49. The second kappa shape index (κ2) is 7.39. The van der Waals surface area contributed by atoms with Gasteiger partial charge in [-0.3, -0.25) is 9.59 Å². The van der Waals surface area contributed by atoms with Gasteiger partial charge in [-0.2, -0.15) is 0 Å². The summed E-state index contributed by atoms with van der Waals surface area (Å²) in [7, 11) is 0. The molecule has 138 valence electrons. The van der Waals surface area contributed by atoms with Gasteiger partial charge in [0.25, 0.3) is 5.91 Å². The van der Waals surface area contributed by atoms with Crippen LogP contribution in [0.15, 0.2) is 59.5 Å². The maximum Gasteiger partial charge on any atom is 0.256 e. The normalized spacial score (nSPS) is 14.1. The van der Waals surface area contributed by atoms with E-state index in [4.69, 9.17) is 0 Å². The number of carbonyl (C=O) groups is 1. The van der Waals surface area contributed by atoms with E-state index in [1.165, 1.54) is 11.1 Å². The van der Waals surface area contributed by atoms with Gasteiger partial charge in [0.05, 0.1) is 5.52 Å². The van der Waals surface area contributed by atoms with Crippen molar-refractivity contribution in [1.29, 1.82) is 0 Å². The largest absolute Gasteiger partial charge is 0.349 e. The molecule has 0 unspecified atom stereocenters. The van der Waals surface area contributed by atoms with E-state index >= 15 is 0 Å². The van der Waals surface area contributed by atoms with E-state index < -0.39 is 0 Å². The molecule has 0 saturated heterocycles. The second-order valence-corrected chi connectivity index (χ2v) is 7.38. The molecular weight excluding hydrogens is 336 g/mol. The quantitative estimate of drug-likeness (QED) is 0.754. The van der Waals surface area contributed by atoms with E-state index in [2.05, 4.69) is 28.1 Å². The Balaban J connectivity index is 1.54. The second-order valence-electron chi connectivity index (χ2n) is 7.38. The zero-order chi connectivity index (χ0) is 18.8. The molecule has 3 aromatic rings. The molecule has 2 aromatic carbocycles. The smallest absolute Gasteiger partial charge is 0.256 e. The van der Waals surface area contributed by atoms with Gasteiger partial charge in [-0.15, -0.1) is 0 Å². The molecule has 1 aromatic heterocycles. The average molecular weight is 360 g/mol. The number of benzene rings is 2. The summed E-state index contributed by atoms with van der Waals surface area (Å²) < 4.78 is 2.07. The molecule has 1 N–H and O–H groups in total. The highest BCUT2D eigenvalue weighted by atomic mass is 16.2. The van der Waals surface area contributed by atoms with Crippen LogP contribution in [0.1, 0.15) is 41.3 Å². The molecule has 0 saturated carbocycles. The molecule has 27 heavy (non-hydrogen) atoms. The van der Waals surface area contributed by atoms with E-state index in [0.717, 1.165) is 37.7 Å². The third-order valence-electron chi connectivity index (χ3n) is 5.36. The van der Waals surface area contributed by atoms with Crippen LogP contribution in [0.25, 0.3) is 10.9 Å².